The maximum Gasteiger partial charge on any atom is 0.317 e. The van der Waals surface area contributed by atoms with E-state index in [0.29, 0.717) is 19.5 Å². The van der Waals surface area contributed by atoms with Crippen LogP contribution in [0.25, 0.3) is 0 Å². The van der Waals surface area contributed by atoms with E-state index in [9.17, 15) is 9.59 Å². The van der Waals surface area contributed by atoms with Crippen molar-refractivity contribution in [2.75, 3.05) is 13.7 Å². The van der Waals surface area contributed by atoms with Crippen molar-refractivity contribution < 1.29 is 19.4 Å². The van der Waals surface area contributed by atoms with Crippen molar-refractivity contribution in [2.24, 2.45) is 5.92 Å². The summed E-state index contributed by atoms with van der Waals surface area (Å²) < 4.78 is 5.23. The zero-order valence-electron chi connectivity index (χ0n) is 12.2. The molecular formula is C15H20N2O4. The van der Waals surface area contributed by atoms with Gasteiger partial charge in [0, 0.05) is 24.7 Å². The molecule has 0 aromatic heterocycles. The Morgan fingerprint density at radius 3 is 2.76 bits per heavy atom. The Labute approximate surface area is 123 Å². The van der Waals surface area contributed by atoms with E-state index in [-0.39, 0.29) is 12.1 Å². The van der Waals surface area contributed by atoms with E-state index in [1.807, 2.05) is 24.3 Å². The molecule has 2 unspecified atom stereocenters. The first-order valence-electron chi connectivity index (χ1n) is 6.93. The number of carboxylic acid groups (broad SMARTS) is 1. The molecule has 1 aromatic carbocycles. The average Bonchev–Trinajstić information content (AvgIpc) is 2.87. The SMILES string of the molecule is COc1ccccc1CNC(=O)N1CCC(C(=O)O)C1C. The number of amides is 2. The maximum atomic E-state index is 12.2. The summed E-state index contributed by atoms with van der Waals surface area (Å²) >= 11 is 0. The van der Waals surface area contributed by atoms with Gasteiger partial charge in [-0.15, -0.1) is 0 Å². The van der Waals surface area contributed by atoms with Crippen LogP contribution in [0.15, 0.2) is 24.3 Å². The Morgan fingerprint density at radius 2 is 2.14 bits per heavy atom. The summed E-state index contributed by atoms with van der Waals surface area (Å²) in [6, 6.07) is 6.93. The number of ether oxygens (including phenoxy) is 1. The van der Waals surface area contributed by atoms with Crippen molar-refractivity contribution in [3.8, 4) is 5.75 Å². The van der Waals surface area contributed by atoms with Crippen LogP contribution in [-0.2, 0) is 11.3 Å². The van der Waals surface area contributed by atoms with Crippen molar-refractivity contribution in [3.63, 3.8) is 0 Å². The summed E-state index contributed by atoms with van der Waals surface area (Å²) in [4.78, 5) is 24.8. The normalized spacial score (nSPS) is 21.1. The van der Waals surface area contributed by atoms with E-state index in [1.54, 1.807) is 18.9 Å². The van der Waals surface area contributed by atoms with E-state index in [4.69, 9.17) is 9.84 Å². The molecule has 1 saturated heterocycles. The molecule has 2 amide bonds. The van der Waals surface area contributed by atoms with Crippen molar-refractivity contribution in [3.05, 3.63) is 29.8 Å². The first-order chi connectivity index (χ1) is 10.0. The van der Waals surface area contributed by atoms with E-state index < -0.39 is 11.9 Å². The van der Waals surface area contributed by atoms with Crippen molar-refractivity contribution in [1.29, 1.82) is 0 Å². The third-order valence-corrected chi connectivity index (χ3v) is 3.96. The Kier molecular flexibility index (Phi) is 4.67. The van der Waals surface area contributed by atoms with Gasteiger partial charge in [0.25, 0.3) is 0 Å². The lowest BCUT2D eigenvalue weighted by atomic mass is 10.0. The van der Waals surface area contributed by atoms with E-state index in [1.165, 1.54) is 0 Å². The monoisotopic (exact) mass is 292 g/mol. The van der Waals surface area contributed by atoms with Crippen molar-refractivity contribution in [2.45, 2.75) is 25.9 Å². The molecule has 114 valence electrons. The van der Waals surface area contributed by atoms with Crippen LogP contribution in [-0.4, -0.2) is 41.7 Å². The molecule has 6 heteroatoms. The van der Waals surface area contributed by atoms with Crippen molar-refractivity contribution in [1.82, 2.24) is 10.2 Å². The van der Waals surface area contributed by atoms with E-state index in [2.05, 4.69) is 5.32 Å². The zero-order chi connectivity index (χ0) is 15.4. The Balaban J connectivity index is 1.95. The number of nitrogens with zero attached hydrogens (tertiary/aromatic N) is 1. The Hall–Kier alpha value is -2.24. The number of urea groups is 1. The van der Waals surface area contributed by atoms with Gasteiger partial charge < -0.3 is 20.1 Å². The summed E-state index contributed by atoms with van der Waals surface area (Å²) in [7, 11) is 1.58. The molecule has 0 spiro atoms. The molecule has 2 rings (SSSR count). The number of rotatable bonds is 4. The summed E-state index contributed by atoms with van der Waals surface area (Å²) in [6.07, 6.45) is 0.499. The smallest absolute Gasteiger partial charge is 0.317 e. The van der Waals surface area contributed by atoms with Gasteiger partial charge in [0.2, 0.25) is 0 Å². The Bertz CT molecular complexity index is 532. The topological polar surface area (TPSA) is 78.9 Å². The molecule has 0 bridgehead atoms. The minimum absolute atomic E-state index is 0.239. The van der Waals surface area contributed by atoms with Crippen LogP contribution in [0, 0.1) is 5.92 Å². The summed E-state index contributed by atoms with van der Waals surface area (Å²) in [5, 5.41) is 11.9. The highest BCUT2D eigenvalue weighted by Crippen LogP contribution is 2.24. The molecule has 0 saturated carbocycles. The minimum atomic E-state index is -0.845. The highest BCUT2D eigenvalue weighted by molar-refractivity contribution is 5.78. The highest BCUT2D eigenvalue weighted by Gasteiger charge is 2.37. The minimum Gasteiger partial charge on any atom is -0.496 e. The second kappa shape index (κ2) is 6.47. The molecule has 6 nitrogen and oxygen atoms in total. The fraction of sp³-hybridized carbons (Fsp3) is 0.467. The largest absolute Gasteiger partial charge is 0.496 e. The zero-order valence-corrected chi connectivity index (χ0v) is 12.2. The van der Waals surface area contributed by atoms with Gasteiger partial charge in [0.1, 0.15) is 5.75 Å². The van der Waals surface area contributed by atoms with Crippen molar-refractivity contribution >= 4 is 12.0 Å². The fourth-order valence-corrected chi connectivity index (χ4v) is 2.68. The molecular weight excluding hydrogens is 272 g/mol. The number of para-hydroxylation sites is 1. The number of aliphatic carboxylic acids is 1. The molecule has 1 fully saturated rings. The Morgan fingerprint density at radius 1 is 1.43 bits per heavy atom. The third kappa shape index (κ3) is 3.26. The number of hydrogen-bond acceptors (Lipinski definition) is 3. The van der Waals surface area contributed by atoms with Crippen LogP contribution < -0.4 is 10.1 Å². The molecule has 2 N–H and O–H groups in total. The van der Waals surface area contributed by atoms with Gasteiger partial charge >= 0.3 is 12.0 Å². The maximum absolute atomic E-state index is 12.2. The molecule has 2 atom stereocenters. The van der Waals surface area contributed by atoms with Gasteiger partial charge in [-0.3, -0.25) is 4.79 Å². The number of benzene rings is 1. The quantitative estimate of drug-likeness (QED) is 0.885. The predicted octanol–water partition coefficient (Wildman–Crippen LogP) is 1.70. The molecule has 1 aromatic rings. The number of likely N-dealkylation sites (tertiary alicyclic amines) is 1. The van der Waals surface area contributed by atoms with Crippen LogP contribution in [0.3, 0.4) is 0 Å². The van der Waals surface area contributed by atoms with Crippen LogP contribution in [0.4, 0.5) is 4.79 Å². The van der Waals surface area contributed by atoms with Crippen LogP contribution >= 0.6 is 0 Å². The lowest BCUT2D eigenvalue weighted by molar-refractivity contribution is -0.142. The third-order valence-electron chi connectivity index (χ3n) is 3.96. The van der Waals surface area contributed by atoms with Crippen LogP contribution in [0.2, 0.25) is 0 Å². The molecule has 1 aliphatic heterocycles. The van der Waals surface area contributed by atoms with Crippen LogP contribution in [0.5, 0.6) is 5.75 Å². The highest BCUT2D eigenvalue weighted by atomic mass is 16.5. The predicted molar refractivity (Wildman–Crippen MR) is 77.1 cm³/mol. The number of carboxylic acids is 1. The standard InChI is InChI=1S/C15H20N2O4/c1-10-12(14(18)19)7-8-17(10)15(20)16-9-11-5-3-4-6-13(11)21-2/h3-6,10,12H,7-9H2,1-2H3,(H,16,20)(H,18,19). The summed E-state index contributed by atoms with van der Waals surface area (Å²) in [5.41, 5.74) is 0.884. The lowest BCUT2D eigenvalue weighted by Gasteiger charge is -2.23. The average molecular weight is 292 g/mol. The molecule has 21 heavy (non-hydrogen) atoms. The number of carbonyl (C=O) groups excluding carboxylic acids is 1. The van der Waals surface area contributed by atoms with Gasteiger partial charge in [-0.1, -0.05) is 18.2 Å². The van der Waals surface area contributed by atoms with Gasteiger partial charge in [0.15, 0.2) is 0 Å². The van der Waals surface area contributed by atoms with Gasteiger partial charge in [-0.25, -0.2) is 4.79 Å². The number of methoxy groups -OCH3 is 1. The molecule has 1 aliphatic rings. The van der Waals surface area contributed by atoms with Gasteiger partial charge in [0.05, 0.1) is 13.0 Å². The summed E-state index contributed by atoms with van der Waals surface area (Å²) in [6.45, 7) is 2.59. The number of hydrogen-bond donors (Lipinski definition) is 2. The van der Waals surface area contributed by atoms with E-state index in [0.717, 1.165) is 11.3 Å². The lowest BCUT2D eigenvalue weighted by Crippen LogP contribution is -2.43. The first kappa shape index (κ1) is 15.2. The van der Waals surface area contributed by atoms with Crippen LogP contribution in [0.1, 0.15) is 18.9 Å². The fourth-order valence-electron chi connectivity index (χ4n) is 2.68. The van der Waals surface area contributed by atoms with E-state index >= 15 is 0 Å². The van der Waals surface area contributed by atoms with Gasteiger partial charge in [-0.2, -0.15) is 0 Å². The second-order valence-corrected chi connectivity index (χ2v) is 5.14. The molecule has 0 radical (unpaired) electrons. The number of nitrogens with one attached hydrogen (secondary N) is 1. The molecule has 1 heterocycles. The van der Waals surface area contributed by atoms with Gasteiger partial charge in [-0.05, 0) is 19.4 Å². The summed E-state index contributed by atoms with van der Waals surface area (Å²) in [5.74, 6) is -0.611. The molecule has 0 aliphatic carbocycles. The number of carbonyl (C=O) groups is 2. The second-order valence-electron chi connectivity index (χ2n) is 5.14. The first-order valence-corrected chi connectivity index (χ1v) is 6.93.